The smallest absolute Gasteiger partial charge is 0.119 e. The highest BCUT2D eigenvalue weighted by Crippen LogP contribution is 2.39. The standard InChI is InChI=1S/C22H27NO/c1-24-22-9-5-8-18(15-22)20-10-11-21-14-19(12-13-23(21)16-20)17-6-3-2-4-7-17/h2-9,15,19-21H,10-14,16H2,1H3/t19?,20-,21+/m1/s1. The third-order valence-electron chi connectivity index (χ3n) is 5.98. The fourth-order valence-electron chi connectivity index (χ4n) is 4.60. The van der Waals surface area contributed by atoms with E-state index >= 15 is 0 Å². The van der Waals surface area contributed by atoms with E-state index in [1.54, 1.807) is 7.11 Å². The van der Waals surface area contributed by atoms with E-state index < -0.39 is 0 Å². The number of fused-ring (bicyclic) bond motifs is 1. The lowest BCUT2D eigenvalue weighted by Crippen LogP contribution is -2.47. The van der Waals surface area contributed by atoms with Crippen LogP contribution in [0, 0.1) is 0 Å². The van der Waals surface area contributed by atoms with E-state index in [-0.39, 0.29) is 0 Å². The van der Waals surface area contributed by atoms with Gasteiger partial charge < -0.3 is 4.74 Å². The highest BCUT2D eigenvalue weighted by atomic mass is 16.5. The molecule has 2 nitrogen and oxygen atoms in total. The Morgan fingerprint density at radius 2 is 1.71 bits per heavy atom. The minimum atomic E-state index is 0.657. The summed E-state index contributed by atoms with van der Waals surface area (Å²) in [4.78, 5) is 2.74. The average molecular weight is 321 g/mol. The maximum Gasteiger partial charge on any atom is 0.119 e. The minimum Gasteiger partial charge on any atom is -0.497 e. The average Bonchev–Trinajstić information content (AvgIpc) is 2.68. The molecule has 1 unspecified atom stereocenters. The first-order chi connectivity index (χ1) is 11.8. The van der Waals surface area contributed by atoms with Gasteiger partial charge in [-0.05, 0) is 67.3 Å². The van der Waals surface area contributed by atoms with Crippen molar-refractivity contribution in [3.63, 3.8) is 0 Å². The monoisotopic (exact) mass is 321 g/mol. The number of ether oxygens (including phenoxy) is 1. The molecule has 2 aromatic rings. The first-order valence-corrected chi connectivity index (χ1v) is 9.26. The SMILES string of the molecule is COc1cccc([C@@H]2CC[C@H]3CC(c4ccccc4)CCN3C2)c1. The summed E-state index contributed by atoms with van der Waals surface area (Å²) in [5, 5.41) is 0. The van der Waals surface area contributed by atoms with Crippen molar-refractivity contribution in [1.82, 2.24) is 4.90 Å². The van der Waals surface area contributed by atoms with Gasteiger partial charge in [0.05, 0.1) is 7.11 Å². The van der Waals surface area contributed by atoms with Crippen molar-refractivity contribution < 1.29 is 4.74 Å². The van der Waals surface area contributed by atoms with Crippen LogP contribution in [0.4, 0.5) is 0 Å². The molecular formula is C22H27NO. The zero-order valence-electron chi connectivity index (χ0n) is 14.5. The van der Waals surface area contributed by atoms with Gasteiger partial charge in [-0.1, -0.05) is 42.5 Å². The molecule has 0 aromatic heterocycles. The van der Waals surface area contributed by atoms with Crippen molar-refractivity contribution in [2.24, 2.45) is 0 Å². The van der Waals surface area contributed by atoms with Crippen LogP contribution in [0.15, 0.2) is 54.6 Å². The molecule has 0 N–H and O–H groups in total. The maximum absolute atomic E-state index is 5.40. The molecule has 24 heavy (non-hydrogen) atoms. The van der Waals surface area contributed by atoms with E-state index in [1.807, 2.05) is 6.07 Å². The van der Waals surface area contributed by atoms with Crippen LogP contribution in [0.1, 0.15) is 48.6 Å². The van der Waals surface area contributed by atoms with Gasteiger partial charge in [-0.2, -0.15) is 0 Å². The summed E-state index contributed by atoms with van der Waals surface area (Å²) in [6, 6.07) is 20.5. The van der Waals surface area contributed by atoms with Crippen molar-refractivity contribution >= 4 is 0 Å². The predicted octanol–water partition coefficient (Wildman–Crippen LogP) is 4.82. The first kappa shape index (κ1) is 15.7. The van der Waals surface area contributed by atoms with Gasteiger partial charge in [-0.3, -0.25) is 4.90 Å². The molecule has 2 fully saturated rings. The number of rotatable bonds is 3. The third-order valence-corrected chi connectivity index (χ3v) is 5.98. The molecule has 0 bridgehead atoms. The second kappa shape index (κ2) is 6.98. The molecule has 4 rings (SSSR count). The number of benzene rings is 2. The van der Waals surface area contributed by atoms with Gasteiger partial charge in [-0.15, -0.1) is 0 Å². The van der Waals surface area contributed by atoms with E-state index in [4.69, 9.17) is 4.74 Å². The van der Waals surface area contributed by atoms with Crippen molar-refractivity contribution in [2.45, 2.75) is 43.6 Å². The summed E-state index contributed by atoms with van der Waals surface area (Å²) in [7, 11) is 1.75. The molecule has 0 spiro atoms. The van der Waals surface area contributed by atoms with Gasteiger partial charge in [0.2, 0.25) is 0 Å². The van der Waals surface area contributed by atoms with Crippen molar-refractivity contribution in [3.05, 3.63) is 65.7 Å². The van der Waals surface area contributed by atoms with E-state index in [2.05, 4.69) is 53.4 Å². The summed E-state index contributed by atoms with van der Waals surface area (Å²) in [6.45, 7) is 2.45. The lowest BCUT2D eigenvalue weighted by molar-refractivity contribution is 0.0855. The van der Waals surface area contributed by atoms with Crippen LogP contribution in [0.25, 0.3) is 0 Å². The van der Waals surface area contributed by atoms with E-state index in [0.29, 0.717) is 5.92 Å². The number of piperidine rings is 2. The molecule has 0 aliphatic carbocycles. The third kappa shape index (κ3) is 3.21. The fraction of sp³-hybridized carbons (Fsp3) is 0.455. The van der Waals surface area contributed by atoms with Gasteiger partial charge >= 0.3 is 0 Å². The van der Waals surface area contributed by atoms with Crippen LogP contribution < -0.4 is 4.74 Å². The van der Waals surface area contributed by atoms with Crippen LogP contribution in [0.5, 0.6) is 5.75 Å². The highest BCUT2D eigenvalue weighted by molar-refractivity contribution is 5.31. The molecule has 2 aliphatic rings. The Labute approximate surface area is 145 Å². The number of methoxy groups -OCH3 is 1. The fourth-order valence-corrected chi connectivity index (χ4v) is 4.60. The van der Waals surface area contributed by atoms with Crippen LogP contribution in [-0.2, 0) is 0 Å². The first-order valence-electron chi connectivity index (χ1n) is 9.26. The molecule has 2 heteroatoms. The lowest BCUT2D eigenvalue weighted by atomic mass is 9.78. The van der Waals surface area contributed by atoms with Gasteiger partial charge in [0.1, 0.15) is 5.75 Å². The van der Waals surface area contributed by atoms with Gasteiger partial charge in [-0.25, -0.2) is 0 Å². The molecule has 0 saturated carbocycles. The van der Waals surface area contributed by atoms with E-state index in [1.165, 1.54) is 49.9 Å². The molecule has 0 radical (unpaired) electrons. The zero-order valence-corrected chi connectivity index (χ0v) is 14.5. The summed E-state index contributed by atoms with van der Waals surface area (Å²) in [5.41, 5.74) is 2.98. The number of hydrogen-bond donors (Lipinski definition) is 0. The van der Waals surface area contributed by atoms with Crippen LogP contribution in [-0.4, -0.2) is 31.1 Å². The number of nitrogens with zero attached hydrogens (tertiary/aromatic N) is 1. The summed E-state index contributed by atoms with van der Waals surface area (Å²) < 4.78 is 5.40. The quantitative estimate of drug-likeness (QED) is 0.803. The molecule has 3 atom stereocenters. The summed E-state index contributed by atoms with van der Waals surface area (Å²) >= 11 is 0. The van der Waals surface area contributed by atoms with Crippen LogP contribution in [0.2, 0.25) is 0 Å². The largest absolute Gasteiger partial charge is 0.497 e. The Morgan fingerprint density at radius 1 is 0.875 bits per heavy atom. The Kier molecular flexibility index (Phi) is 4.57. The minimum absolute atomic E-state index is 0.657. The Bertz CT molecular complexity index is 669. The molecular weight excluding hydrogens is 294 g/mol. The Morgan fingerprint density at radius 3 is 2.54 bits per heavy atom. The van der Waals surface area contributed by atoms with Crippen molar-refractivity contribution in [1.29, 1.82) is 0 Å². The Hall–Kier alpha value is -1.80. The second-order valence-corrected chi connectivity index (χ2v) is 7.33. The normalized spacial score (nSPS) is 27.5. The van der Waals surface area contributed by atoms with Crippen LogP contribution >= 0.6 is 0 Å². The Balaban J connectivity index is 1.42. The molecule has 2 aliphatic heterocycles. The summed E-state index contributed by atoms with van der Waals surface area (Å²) in [5.74, 6) is 2.39. The van der Waals surface area contributed by atoms with Crippen molar-refractivity contribution in [3.8, 4) is 5.75 Å². The zero-order chi connectivity index (χ0) is 16.4. The molecule has 2 heterocycles. The topological polar surface area (TPSA) is 12.5 Å². The number of hydrogen-bond acceptors (Lipinski definition) is 2. The predicted molar refractivity (Wildman–Crippen MR) is 98.7 cm³/mol. The molecule has 2 saturated heterocycles. The van der Waals surface area contributed by atoms with E-state index in [0.717, 1.165) is 17.7 Å². The van der Waals surface area contributed by atoms with Crippen LogP contribution in [0.3, 0.4) is 0 Å². The summed E-state index contributed by atoms with van der Waals surface area (Å²) in [6.07, 6.45) is 5.25. The molecule has 0 amide bonds. The van der Waals surface area contributed by atoms with Gasteiger partial charge in [0.15, 0.2) is 0 Å². The van der Waals surface area contributed by atoms with Crippen molar-refractivity contribution in [2.75, 3.05) is 20.2 Å². The van der Waals surface area contributed by atoms with Gasteiger partial charge in [0.25, 0.3) is 0 Å². The molecule has 2 aromatic carbocycles. The lowest BCUT2D eigenvalue weighted by Gasteiger charge is -2.45. The molecule has 126 valence electrons. The second-order valence-electron chi connectivity index (χ2n) is 7.33. The van der Waals surface area contributed by atoms with E-state index in [9.17, 15) is 0 Å². The van der Waals surface area contributed by atoms with Gasteiger partial charge in [0, 0.05) is 12.6 Å². The maximum atomic E-state index is 5.40. The highest BCUT2D eigenvalue weighted by Gasteiger charge is 2.34.